The Balaban J connectivity index is 1.68. The Morgan fingerprint density at radius 2 is 1.82 bits per heavy atom. The fourth-order valence-corrected chi connectivity index (χ4v) is 5.45. The number of amides is 1. The lowest BCUT2D eigenvalue weighted by Gasteiger charge is -2.24. The highest BCUT2D eigenvalue weighted by Gasteiger charge is 2.20. The topological polar surface area (TPSA) is 45.7 Å². The Kier molecular flexibility index (Phi) is 10.0. The molecule has 0 radical (unpaired) electrons. The smallest absolute Gasteiger partial charge is 0.228 e. The molecule has 0 unspecified atom stereocenters. The first-order valence-electron chi connectivity index (χ1n) is 11.8. The van der Waals surface area contributed by atoms with Gasteiger partial charge < -0.3 is 9.64 Å². The molecule has 0 aliphatic carbocycles. The van der Waals surface area contributed by atoms with Gasteiger partial charge in [-0.25, -0.2) is 4.98 Å². The predicted octanol–water partition coefficient (Wildman–Crippen LogP) is 6.25. The summed E-state index contributed by atoms with van der Waals surface area (Å²) in [7, 11) is 0. The minimum absolute atomic E-state index is 0.149. The quantitative estimate of drug-likeness (QED) is 0.211. The van der Waals surface area contributed by atoms with Gasteiger partial charge >= 0.3 is 0 Å². The number of rotatable bonds is 13. The summed E-state index contributed by atoms with van der Waals surface area (Å²) in [6, 6.07) is 14.5. The van der Waals surface area contributed by atoms with Crippen LogP contribution in [0, 0.1) is 6.92 Å². The average molecular weight is 486 g/mol. The zero-order valence-corrected chi connectivity index (χ0v) is 21.8. The monoisotopic (exact) mass is 485 g/mol. The number of ether oxygens (including phenoxy) is 1. The summed E-state index contributed by atoms with van der Waals surface area (Å²) in [5.74, 6) is 1.92. The Morgan fingerprint density at radius 3 is 2.52 bits per heavy atom. The van der Waals surface area contributed by atoms with Gasteiger partial charge in [0.25, 0.3) is 0 Å². The maximum atomic E-state index is 13.3. The van der Waals surface area contributed by atoms with Gasteiger partial charge in [0, 0.05) is 24.4 Å². The summed E-state index contributed by atoms with van der Waals surface area (Å²) in [6.45, 7) is 12.5. The van der Waals surface area contributed by atoms with E-state index in [-0.39, 0.29) is 5.91 Å². The molecule has 0 aliphatic heterocycles. The molecule has 0 saturated carbocycles. The third-order valence-electron chi connectivity index (χ3n) is 5.55. The van der Waals surface area contributed by atoms with Crippen LogP contribution in [0.2, 0.25) is 0 Å². The molecule has 33 heavy (non-hydrogen) atoms. The molecule has 5 nitrogen and oxygen atoms in total. The number of carbonyl (C=O) groups is 1. The maximum absolute atomic E-state index is 13.3. The van der Waals surface area contributed by atoms with E-state index in [1.54, 1.807) is 11.3 Å². The summed E-state index contributed by atoms with van der Waals surface area (Å²) < 4.78 is 6.68. The van der Waals surface area contributed by atoms with Crippen molar-refractivity contribution in [1.29, 1.82) is 0 Å². The van der Waals surface area contributed by atoms with Crippen LogP contribution in [0.25, 0.3) is 10.2 Å². The van der Waals surface area contributed by atoms with Gasteiger partial charge in [-0.1, -0.05) is 42.9 Å². The molecular formula is C26H35N3O2S2. The largest absolute Gasteiger partial charge is 0.494 e. The van der Waals surface area contributed by atoms with Gasteiger partial charge in [-0.15, -0.1) is 11.8 Å². The number of hydrogen-bond acceptors (Lipinski definition) is 6. The van der Waals surface area contributed by atoms with E-state index in [9.17, 15) is 4.79 Å². The van der Waals surface area contributed by atoms with E-state index in [0.717, 1.165) is 52.9 Å². The lowest BCUT2D eigenvalue weighted by atomic mass is 10.2. The van der Waals surface area contributed by atoms with Crippen LogP contribution in [0.1, 0.15) is 39.2 Å². The van der Waals surface area contributed by atoms with Crippen molar-refractivity contribution in [2.24, 2.45) is 0 Å². The molecule has 0 fully saturated rings. The first-order valence-corrected chi connectivity index (χ1v) is 13.6. The van der Waals surface area contributed by atoms with Crippen molar-refractivity contribution in [2.45, 2.75) is 45.4 Å². The summed E-state index contributed by atoms with van der Waals surface area (Å²) in [5.41, 5.74) is 2.18. The summed E-state index contributed by atoms with van der Waals surface area (Å²) >= 11 is 3.38. The number of thioether (sulfide) groups is 1. The minimum Gasteiger partial charge on any atom is -0.494 e. The third-order valence-corrected chi connectivity index (χ3v) is 7.69. The number of likely N-dealkylation sites (N-methyl/N-ethyl adjacent to an activating group) is 1. The molecule has 0 bridgehead atoms. The average Bonchev–Trinajstić information content (AvgIpc) is 3.24. The molecule has 1 amide bonds. The molecule has 2 aromatic carbocycles. The van der Waals surface area contributed by atoms with E-state index in [1.165, 1.54) is 10.5 Å². The SMILES string of the molecule is CCOc1ccc2nc(N(CCN(CC)CC)C(=O)CCCSc3ccc(C)cc3)sc2c1. The fraction of sp³-hybridized carbons (Fsp3) is 0.462. The number of anilines is 1. The van der Waals surface area contributed by atoms with Crippen molar-refractivity contribution in [3.63, 3.8) is 0 Å². The molecule has 3 aromatic rings. The molecule has 0 N–H and O–H groups in total. The molecule has 0 aliphatic rings. The summed E-state index contributed by atoms with van der Waals surface area (Å²) in [5, 5.41) is 0.780. The molecular weight excluding hydrogens is 450 g/mol. The molecule has 0 saturated heterocycles. The maximum Gasteiger partial charge on any atom is 0.228 e. The third kappa shape index (κ3) is 7.45. The van der Waals surface area contributed by atoms with Crippen molar-refractivity contribution >= 4 is 44.4 Å². The predicted molar refractivity (Wildman–Crippen MR) is 142 cm³/mol. The molecule has 1 aromatic heterocycles. The van der Waals surface area contributed by atoms with Crippen molar-refractivity contribution in [1.82, 2.24) is 9.88 Å². The van der Waals surface area contributed by atoms with E-state index >= 15 is 0 Å². The van der Waals surface area contributed by atoms with Gasteiger partial charge in [0.2, 0.25) is 5.91 Å². The van der Waals surface area contributed by atoms with Crippen LogP contribution in [0.15, 0.2) is 47.4 Å². The van der Waals surface area contributed by atoms with Crippen LogP contribution in [-0.2, 0) is 4.79 Å². The highest BCUT2D eigenvalue weighted by Crippen LogP contribution is 2.32. The second-order valence-electron chi connectivity index (χ2n) is 7.90. The first kappa shape index (κ1) is 25.5. The van der Waals surface area contributed by atoms with E-state index in [0.29, 0.717) is 19.6 Å². The van der Waals surface area contributed by atoms with Crippen LogP contribution < -0.4 is 9.64 Å². The molecule has 7 heteroatoms. The first-order chi connectivity index (χ1) is 16.0. The fourth-order valence-electron chi connectivity index (χ4n) is 3.56. The van der Waals surface area contributed by atoms with Gasteiger partial charge in [0.15, 0.2) is 5.13 Å². The zero-order chi connectivity index (χ0) is 23.6. The Hall–Kier alpha value is -2.09. The van der Waals surface area contributed by atoms with Gasteiger partial charge in [-0.2, -0.15) is 0 Å². The number of thiazole rings is 1. The van der Waals surface area contributed by atoms with Gasteiger partial charge in [-0.3, -0.25) is 9.69 Å². The van der Waals surface area contributed by atoms with E-state index in [2.05, 4.69) is 49.9 Å². The van der Waals surface area contributed by atoms with Crippen LogP contribution in [0.5, 0.6) is 5.75 Å². The van der Waals surface area contributed by atoms with Gasteiger partial charge in [-0.05, 0) is 69.4 Å². The van der Waals surface area contributed by atoms with E-state index < -0.39 is 0 Å². The second kappa shape index (κ2) is 13.0. The Morgan fingerprint density at radius 1 is 1.06 bits per heavy atom. The normalized spacial score (nSPS) is 11.3. The lowest BCUT2D eigenvalue weighted by molar-refractivity contribution is -0.118. The van der Waals surface area contributed by atoms with Crippen LogP contribution in [0.3, 0.4) is 0 Å². The molecule has 178 valence electrons. The number of aromatic nitrogens is 1. The molecule has 1 heterocycles. The number of aryl methyl sites for hydroxylation is 1. The van der Waals surface area contributed by atoms with Crippen LogP contribution in [-0.4, -0.2) is 54.3 Å². The zero-order valence-electron chi connectivity index (χ0n) is 20.2. The van der Waals surface area contributed by atoms with Gasteiger partial charge in [0.05, 0.1) is 16.8 Å². The summed E-state index contributed by atoms with van der Waals surface area (Å²) in [6.07, 6.45) is 1.37. The van der Waals surface area contributed by atoms with Crippen LogP contribution >= 0.6 is 23.1 Å². The van der Waals surface area contributed by atoms with Crippen molar-refractivity contribution in [3.05, 3.63) is 48.0 Å². The highest BCUT2D eigenvalue weighted by molar-refractivity contribution is 7.99. The number of carbonyl (C=O) groups excluding carboxylic acids is 1. The van der Waals surface area contributed by atoms with Crippen molar-refractivity contribution in [3.8, 4) is 5.75 Å². The summed E-state index contributed by atoms with van der Waals surface area (Å²) in [4.78, 5) is 23.6. The van der Waals surface area contributed by atoms with Crippen molar-refractivity contribution in [2.75, 3.05) is 43.4 Å². The Bertz CT molecular complexity index is 1020. The molecule has 0 atom stereocenters. The Labute approximate surface area is 206 Å². The lowest BCUT2D eigenvalue weighted by Crippen LogP contribution is -2.38. The molecule has 3 rings (SSSR count). The molecule has 0 spiro atoms. The van der Waals surface area contributed by atoms with Gasteiger partial charge in [0.1, 0.15) is 5.75 Å². The van der Waals surface area contributed by atoms with E-state index in [4.69, 9.17) is 9.72 Å². The second-order valence-corrected chi connectivity index (χ2v) is 10.1. The van der Waals surface area contributed by atoms with Crippen LogP contribution in [0.4, 0.5) is 5.13 Å². The number of hydrogen-bond donors (Lipinski definition) is 0. The number of benzene rings is 2. The minimum atomic E-state index is 0.149. The number of fused-ring (bicyclic) bond motifs is 1. The number of nitrogens with zero attached hydrogens (tertiary/aromatic N) is 3. The standard InChI is InChI=1S/C26H35N3O2S2/c1-5-28(6-2)16-17-29(25(30)9-8-18-32-22-13-10-20(4)11-14-22)26-27-23-15-12-21(31-7-3)19-24(23)33-26/h10-15,19H,5-9,16-18H2,1-4H3. The van der Waals surface area contributed by atoms with E-state index in [1.807, 2.05) is 41.8 Å². The highest BCUT2D eigenvalue weighted by atomic mass is 32.2. The van der Waals surface area contributed by atoms with Crippen molar-refractivity contribution < 1.29 is 9.53 Å².